The number of amides is 1. The summed E-state index contributed by atoms with van der Waals surface area (Å²) in [7, 11) is 0. The van der Waals surface area contributed by atoms with Crippen molar-refractivity contribution in [2.24, 2.45) is 5.92 Å². The van der Waals surface area contributed by atoms with Crippen LogP contribution in [0.4, 0.5) is 0 Å². The van der Waals surface area contributed by atoms with Gasteiger partial charge in [-0.15, -0.1) is 6.58 Å². The molecule has 0 fully saturated rings. The summed E-state index contributed by atoms with van der Waals surface area (Å²) in [6.07, 6.45) is 1.86. The number of aliphatic carboxylic acids is 1. The van der Waals surface area contributed by atoms with Gasteiger partial charge in [-0.25, -0.2) is 4.79 Å². The van der Waals surface area contributed by atoms with Gasteiger partial charge in [-0.3, -0.25) is 4.79 Å². The number of carboxylic acid groups (broad SMARTS) is 1. The Morgan fingerprint density at radius 3 is 2.55 bits per heavy atom. The van der Waals surface area contributed by atoms with Crippen molar-refractivity contribution < 1.29 is 14.7 Å². The Bertz CT molecular complexity index is 167. The van der Waals surface area contributed by atoms with Gasteiger partial charge in [0.1, 0.15) is 6.04 Å². The van der Waals surface area contributed by atoms with E-state index in [0.29, 0.717) is 6.41 Å². The van der Waals surface area contributed by atoms with E-state index < -0.39 is 12.0 Å². The van der Waals surface area contributed by atoms with Gasteiger partial charge in [-0.05, 0) is 0 Å². The maximum absolute atomic E-state index is 10.4. The molecule has 0 aliphatic rings. The van der Waals surface area contributed by atoms with Gasteiger partial charge in [0.25, 0.3) is 0 Å². The lowest BCUT2D eigenvalue weighted by Gasteiger charge is -2.14. The molecule has 0 bridgehead atoms. The molecule has 0 heterocycles. The number of carboxylic acids is 1. The molecule has 62 valence electrons. The Morgan fingerprint density at radius 1 is 1.73 bits per heavy atom. The summed E-state index contributed by atoms with van der Waals surface area (Å²) in [4.78, 5) is 20.4. The molecular formula is C7H11NO3. The SMILES string of the molecule is C=CC(C)C(NC=O)C(=O)O. The lowest BCUT2D eigenvalue weighted by molar-refractivity contribution is -0.141. The van der Waals surface area contributed by atoms with E-state index in [1.54, 1.807) is 6.92 Å². The zero-order valence-corrected chi connectivity index (χ0v) is 6.28. The van der Waals surface area contributed by atoms with Crippen LogP contribution in [0.2, 0.25) is 0 Å². The van der Waals surface area contributed by atoms with Crippen molar-refractivity contribution in [2.75, 3.05) is 0 Å². The zero-order chi connectivity index (χ0) is 8.85. The minimum absolute atomic E-state index is 0.266. The number of hydrogen-bond donors (Lipinski definition) is 2. The summed E-state index contributed by atoms with van der Waals surface area (Å²) in [5, 5.41) is 10.7. The molecule has 2 unspecified atom stereocenters. The van der Waals surface area contributed by atoms with E-state index in [4.69, 9.17) is 5.11 Å². The highest BCUT2D eigenvalue weighted by molar-refractivity contribution is 5.76. The highest BCUT2D eigenvalue weighted by Crippen LogP contribution is 2.02. The van der Waals surface area contributed by atoms with Crippen LogP contribution in [-0.2, 0) is 9.59 Å². The lowest BCUT2D eigenvalue weighted by atomic mass is 10.0. The van der Waals surface area contributed by atoms with Gasteiger partial charge in [0, 0.05) is 5.92 Å². The molecule has 0 aliphatic carbocycles. The number of hydrogen-bond acceptors (Lipinski definition) is 2. The molecule has 2 N–H and O–H groups in total. The van der Waals surface area contributed by atoms with Gasteiger partial charge in [0.2, 0.25) is 6.41 Å². The minimum atomic E-state index is -1.05. The van der Waals surface area contributed by atoms with E-state index in [1.807, 2.05) is 0 Å². The fourth-order valence-corrected chi connectivity index (χ4v) is 0.657. The topological polar surface area (TPSA) is 66.4 Å². The fourth-order valence-electron chi connectivity index (χ4n) is 0.657. The Balaban J connectivity index is 4.19. The molecule has 0 radical (unpaired) electrons. The van der Waals surface area contributed by atoms with Crippen molar-refractivity contribution in [3.63, 3.8) is 0 Å². The van der Waals surface area contributed by atoms with Crippen molar-refractivity contribution in [3.05, 3.63) is 12.7 Å². The summed E-state index contributed by atoms with van der Waals surface area (Å²) in [5.74, 6) is -1.32. The Morgan fingerprint density at radius 2 is 2.27 bits per heavy atom. The smallest absolute Gasteiger partial charge is 0.326 e. The van der Waals surface area contributed by atoms with E-state index in [1.165, 1.54) is 6.08 Å². The maximum atomic E-state index is 10.4. The van der Waals surface area contributed by atoms with Gasteiger partial charge in [-0.1, -0.05) is 13.0 Å². The van der Waals surface area contributed by atoms with Crippen molar-refractivity contribution >= 4 is 12.4 Å². The largest absolute Gasteiger partial charge is 0.480 e. The minimum Gasteiger partial charge on any atom is -0.480 e. The first-order chi connectivity index (χ1) is 5.13. The third-order valence-corrected chi connectivity index (χ3v) is 1.41. The zero-order valence-electron chi connectivity index (χ0n) is 6.28. The van der Waals surface area contributed by atoms with Crippen molar-refractivity contribution in [1.29, 1.82) is 0 Å². The van der Waals surface area contributed by atoms with E-state index >= 15 is 0 Å². The molecule has 0 spiro atoms. The van der Waals surface area contributed by atoms with Crippen LogP contribution in [0.25, 0.3) is 0 Å². The standard InChI is InChI=1S/C7H11NO3/c1-3-5(2)6(7(10)11)8-4-9/h3-6H,1H2,2H3,(H,8,9)(H,10,11). The fraction of sp³-hybridized carbons (Fsp3) is 0.429. The summed E-state index contributed by atoms with van der Waals surface area (Å²) in [5.41, 5.74) is 0. The molecule has 4 heteroatoms. The maximum Gasteiger partial charge on any atom is 0.326 e. The summed E-state index contributed by atoms with van der Waals surface area (Å²) in [6, 6.07) is -0.870. The van der Waals surface area contributed by atoms with E-state index in [0.717, 1.165) is 0 Å². The Labute approximate surface area is 64.9 Å². The Kier molecular flexibility index (Phi) is 3.95. The molecule has 0 saturated heterocycles. The molecule has 2 atom stereocenters. The van der Waals surface area contributed by atoms with Crippen molar-refractivity contribution in [3.8, 4) is 0 Å². The highest BCUT2D eigenvalue weighted by Gasteiger charge is 2.20. The lowest BCUT2D eigenvalue weighted by Crippen LogP contribution is -2.40. The third kappa shape index (κ3) is 2.84. The van der Waals surface area contributed by atoms with E-state index in [2.05, 4.69) is 11.9 Å². The monoisotopic (exact) mass is 157 g/mol. The molecule has 4 nitrogen and oxygen atoms in total. The molecule has 0 aromatic rings. The normalized spacial score (nSPS) is 14.6. The molecule has 0 rings (SSSR count). The van der Waals surface area contributed by atoms with Gasteiger partial charge in [0.05, 0.1) is 0 Å². The molecule has 1 amide bonds. The first-order valence-corrected chi connectivity index (χ1v) is 3.18. The average molecular weight is 157 g/mol. The van der Waals surface area contributed by atoms with Crippen LogP contribution in [-0.4, -0.2) is 23.5 Å². The second kappa shape index (κ2) is 4.49. The second-order valence-electron chi connectivity index (χ2n) is 2.20. The van der Waals surface area contributed by atoms with Gasteiger partial charge in [0.15, 0.2) is 0 Å². The predicted molar refractivity (Wildman–Crippen MR) is 40.0 cm³/mol. The van der Waals surface area contributed by atoms with Crippen molar-refractivity contribution in [2.45, 2.75) is 13.0 Å². The molecule has 0 aromatic carbocycles. The average Bonchev–Trinajstić information content (AvgIpc) is 1.98. The summed E-state index contributed by atoms with van der Waals surface area (Å²) < 4.78 is 0. The van der Waals surface area contributed by atoms with Crippen LogP contribution < -0.4 is 5.32 Å². The van der Waals surface area contributed by atoms with Crippen LogP contribution >= 0.6 is 0 Å². The van der Waals surface area contributed by atoms with Crippen LogP contribution in [0, 0.1) is 5.92 Å². The van der Waals surface area contributed by atoms with Crippen LogP contribution in [0.1, 0.15) is 6.92 Å². The Hall–Kier alpha value is -1.32. The van der Waals surface area contributed by atoms with Crippen LogP contribution in [0.5, 0.6) is 0 Å². The molecule has 0 aliphatic heterocycles. The second-order valence-corrected chi connectivity index (χ2v) is 2.20. The number of carbonyl (C=O) groups excluding carboxylic acids is 1. The highest BCUT2D eigenvalue weighted by atomic mass is 16.4. The van der Waals surface area contributed by atoms with E-state index in [9.17, 15) is 9.59 Å². The summed E-state index contributed by atoms with van der Waals surface area (Å²) >= 11 is 0. The first kappa shape index (κ1) is 9.68. The molecule has 0 aromatic heterocycles. The van der Waals surface area contributed by atoms with Gasteiger partial charge < -0.3 is 10.4 Å². The van der Waals surface area contributed by atoms with Gasteiger partial charge >= 0.3 is 5.97 Å². The number of nitrogens with one attached hydrogen (secondary N) is 1. The summed E-state index contributed by atoms with van der Waals surface area (Å²) in [6.45, 7) is 5.10. The van der Waals surface area contributed by atoms with E-state index in [-0.39, 0.29) is 5.92 Å². The first-order valence-electron chi connectivity index (χ1n) is 3.18. The van der Waals surface area contributed by atoms with Crippen molar-refractivity contribution in [1.82, 2.24) is 5.32 Å². The third-order valence-electron chi connectivity index (χ3n) is 1.41. The predicted octanol–water partition coefficient (Wildman–Crippen LogP) is 0.00770. The van der Waals surface area contributed by atoms with Gasteiger partial charge in [-0.2, -0.15) is 0 Å². The molecule has 11 heavy (non-hydrogen) atoms. The number of carbonyl (C=O) groups is 2. The molecular weight excluding hydrogens is 146 g/mol. The quantitative estimate of drug-likeness (QED) is 0.436. The number of rotatable bonds is 5. The van der Waals surface area contributed by atoms with Crippen LogP contribution in [0.15, 0.2) is 12.7 Å². The molecule has 0 saturated carbocycles. The van der Waals surface area contributed by atoms with Crippen LogP contribution in [0.3, 0.4) is 0 Å².